The van der Waals surface area contributed by atoms with Gasteiger partial charge in [0.05, 0.1) is 11.0 Å². The van der Waals surface area contributed by atoms with Gasteiger partial charge in [-0.2, -0.15) is 5.26 Å². The number of hydrogen-bond acceptors (Lipinski definition) is 4. The third-order valence-electron chi connectivity index (χ3n) is 12.4. The number of aliphatic carboxylic acids is 1. The average molecular weight is 798 g/mol. The summed E-state index contributed by atoms with van der Waals surface area (Å²) in [6, 6.07) is 54.3. The Morgan fingerprint density at radius 1 is 0.700 bits per heavy atom. The molecule has 6 heteroatoms. The van der Waals surface area contributed by atoms with Crippen molar-refractivity contribution in [2.75, 3.05) is 4.90 Å². The Hall–Kier alpha value is -6.94. The maximum Gasteiger partial charge on any atom is 0.346 e. The number of rotatable bonds is 13. The molecule has 0 radical (unpaired) electrons. The third-order valence-corrected chi connectivity index (χ3v) is 13.4. The van der Waals surface area contributed by atoms with E-state index in [1.807, 2.05) is 12.1 Å². The van der Waals surface area contributed by atoms with Crippen molar-refractivity contribution in [3.05, 3.63) is 156 Å². The topological polar surface area (TPSA) is 69.3 Å². The first-order chi connectivity index (χ1) is 29.5. The molecule has 0 saturated heterocycles. The van der Waals surface area contributed by atoms with Crippen LogP contribution in [-0.4, -0.2) is 15.6 Å². The van der Waals surface area contributed by atoms with Crippen LogP contribution in [0.1, 0.15) is 44.4 Å². The molecule has 60 heavy (non-hydrogen) atoms. The maximum atomic E-state index is 11.7. The lowest BCUT2D eigenvalue weighted by atomic mass is 9.86. The van der Waals surface area contributed by atoms with Gasteiger partial charge in [0.2, 0.25) is 0 Å². The predicted molar refractivity (Wildman–Crippen MR) is 252 cm³/mol. The van der Waals surface area contributed by atoms with E-state index in [-0.39, 0.29) is 5.57 Å². The van der Waals surface area contributed by atoms with Gasteiger partial charge in [0.1, 0.15) is 11.6 Å². The van der Waals surface area contributed by atoms with Gasteiger partial charge in [-0.05, 0) is 112 Å². The van der Waals surface area contributed by atoms with Crippen LogP contribution in [0.5, 0.6) is 0 Å². The van der Waals surface area contributed by atoms with Gasteiger partial charge in [-0.15, -0.1) is 11.3 Å². The third kappa shape index (κ3) is 6.17. The highest BCUT2D eigenvalue weighted by Gasteiger charge is 2.26. The lowest BCUT2D eigenvalue weighted by molar-refractivity contribution is -0.132. The van der Waals surface area contributed by atoms with E-state index in [1.165, 1.54) is 102 Å². The smallest absolute Gasteiger partial charge is 0.346 e. The largest absolute Gasteiger partial charge is 0.477 e. The second-order valence-corrected chi connectivity index (χ2v) is 17.0. The number of carboxylic acids is 1. The summed E-state index contributed by atoms with van der Waals surface area (Å²) < 4.78 is 2.62. The van der Waals surface area contributed by atoms with E-state index >= 15 is 0 Å². The molecule has 0 aliphatic heterocycles. The summed E-state index contributed by atoms with van der Waals surface area (Å²) in [6.45, 7) is 5.52. The van der Waals surface area contributed by atoms with Crippen LogP contribution >= 0.6 is 11.3 Å². The van der Waals surface area contributed by atoms with Crippen LogP contribution in [0.4, 0.5) is 17.1 Å². The number of unbranched alkanes of at least 4 members (excludes halogenated alkanes) is 1. The van der Waals surface area contributed by atoms with Crippen LogP contribution in [0.3, 0.4) is 0 Å². The van der Waals surface area contributed by atoms with Crippen LogP contribution < -0.4 is 4.90 Å². The number of thiophene rings is 1. The monoisotopic (exact) mass is 797 g/mol. The molecule has 5 nitrogen and oxygen atoms in total. The molecule has 0 amide bonds. The molecule has 0 fully saturated rings. The summed E-state index contributed by atoms with van der Waals surface area (Å²) in [5.74, 6) is -0.695. The van der Waals surface area contributed by atoms with Gasteiger partial charge in [-0.3, -0.25) is 0 Å². The van der Waals surface area contributed by atoms with E-state index in [9.17, 15) is 15.2 Å². The lowest BCUT2D eigenvalue weighted by Gasteiger charge is -2.25. The van der Waals surface area contributed by atoms with Crippen molar-refractivity contribution in [1.82, 2.24) is 4.57 Å². The van der Waals surface area contributed by atoms with Crippen molar-refractivity contribution >= 4 is 94.6 Å². The first-order valence-corrected chi connectivity index (χ1v) is 21.7. The fraction of sp³-hybridized carbons (Fsp3) is 0.148. The van der Waals surface area contributed by atoms with Gasteiger partial charge in [-0.1, -0.05) is 118 Å². The normalized spacial score (nSPS) is 12.7. The number of carbonyl (C=O) groups is 1. The van der Waals surface area contributed by atoms with E-state index in [4.69, 9.17) is 0 Å². The van der Waals surface area contributed by atoms with E-state index in [1.54, 1.807) is 0 Å². The standard InChI is InChI=1S/C54H43N3O2S/c1-3-5-14-34(4-2)33-56-47-30-45(35-23-25-39(26-24-35)57(37-15-8-6-9-16-37)38-17-10-7-11-18-38)43-21-12-19-41-42-20-13-22-44-46(31-48(56)53(51(42)44)52(47)50(41)43)49-28-27-40(60-49)29-36(32-55)54(58)59/h6-13,15-31,34H,3-5,14,33H2,1-2H3,(H,58,59)/b36-29-. The number of fused-ring (bicyclic) bond motifs is 1. The molecule has 8 aromatic carbocycles. The van der Waals surface area contributed by atoms with Gasteiger partial charge in [-0.25, -0.2) is 4.79 Å². The zero-order chi connectivity index (χ0) is 40.9. The van der Waals surface area contributed by atoms with Crippen LogP contribution in [0, 0.1) is 17.2 Å². The lowest BCUT2D eigenvalue weighted by Crippen LogP contribution is -2.10. The zero-order valence-electron chi connectivity index (χ0n) is 33.7. The molecule has 1 N–H and O–H groups in total. The van der Waals surface area contributed by atoms with E-state index < -0.39 is 5.97 Å². The van der Waals surface area contributed by atoms with E-state index in [0.717, 1.165) is 45.3 Å². The molecule has 1 unspecified atom stereocenters. The van der Waals surface area contributed by atoms with Crippen molar-refractivity contribution in [3.63, 3.8) is 0 Å². The summed E-state index contributed by atoms with van der Waals surface area (Å²) in [6.07, 6.45) is 6.13. The number of nitrogens with zero attached hydrogens (tertiary/aromatic N) is 3. The molecule has 2 heterocycles. The number of anilines is 3. The van der Waals surface area contributed by atoms with Gasteiger partial charge in [0, 0.05) is 60.5 Å². The highest BCUT2D eigenvalue weighted by atomic mass is 32.1. The Morgan fingerprint density at radius 2 is 1.27 bits per heavy atom. The van der Waals surface area contributed by atoms with Crippen molar-refractivity contribution in [2.24, 2.45) is 5.92 Å². The van der Waals surface area contributed by atoms with Crippen molar-refractivity contribution in [2.45, 2.75) is 46.1 Å². The molecule has 292 valence electrons. The van der Waals surface area contributed by atoms with Crippen molar-refractivity contribution in [1.29, 1.82) is 5.26 Å². The first kappa shape index (κ1) is 37.3. The summed E-state index contributed by atoms with van der Waals surface area (Å²) >= 11 is 1.52. The number of hydrogen-bond donors (Lipinski definition) is 1. The molecular weight excluding hydrogens is 755 g/mol. The van der Waals surface area contributed by atoms with E-state index in [0.29, 0.717) is 5.92 Å². The van der Waals surface area contributed by atoms with Crippen molar-refractivity contribution in [3.8, 4) is 27.6 Å². The minimum Gasteiger partial charge on any atom is -0.477 e. The van der Waals surface area contributed by atoms with Crippen LogP contribution in [0.25, 0.3) is 81.8 Å². The average Bonchev–Trinajstić information content (AvgIpc) is 3.89. The number of benzene rings is 8. The van der Waals surface area contributed by atoms with Crippen LogP contribution in [0.15, 0.2) is 151 Å². The molecule has 1 atom stereocenters. The summed E-state index contributed by atoms with van der Waals surface area (Å²) in [4.78, 5) is 15.8. The maximum absolute atomic E-state index is 11.7. The molecule has 10 rings (SSSR count). The Kier molecular flexibility index (Phi) is 9.55. The highest BCUT2D eigenvalue weighted by molar-refractivity contribution is 7.16. The Balaban J connectivity index is 1.22. The number of para-hydroxylation sites is 2. The second-order valence-electron chi connectivity index (χ2n) is 15.9. The predicted octanol–water partition coefficient (Wildman–Crippen LogP) is 15.2. The first-order valence-electron chi connectivity index (χ1n) is 20.9. The summed E-state index contributed by atoms with van der Waals surface area (Å²) in [5, 5.41) is 29.2. The molecule has 0 spiro atoms. The molecule has 0 bridgehead atoms. The fourth-order valence-corrected chi connectivity index (χ4v) is 10.5. The van der Waals surface area contributed by atoms with Gasteiger partial charge >= 0.3 is 5.97 Å². The minimum atomic E-state index is -1.22. The molecule has 0 aliphatic carbocycles. The van der Waals surface area contributed by atoms with E-state index in [2.05, 4.69) is 163 Å². The Morgan fingerprint density at radius 3 is 1.83 bits per heavy atom. The molecule has 2 aromatic heterocycles. The quantitative estimate of drug-likeness (QED) is 0.0546. The number of aromatic nitrogens is 1. The van der Waals surface area contributed by atoms with Crippen LogP contribution in [0.2, 0.25) is 0 Å². The zero-order valence-corrected chi connectivity index (χ0v) is 34.5. The fourth-order valence-electron chi connectivity index (χ4n) is 9.50. The molecule has 10 aromatic rings. The van der Waals surface area contributed by atoms with Gasteiger partial charge < -0.3 is 14.6 Å². The Bertz CT molecular complexity index is 3200. The highest BCUT2D eigenvalue weighted by Crippen LogP contribution is 2.51. The number of nitriles is 1. The van der Waals surface area contributed by atoms with Gasteiger partial charge in [0.15, 0.2) is 0 Å². The SMILES string of the molecule is CCCCC(CC)Cn1c2cc(-c3ccc(N(c4ccccc4)c4ccccc4)cc3)c3cccc4c5cccc6c(-c7ccc(/C=C(/C#N)C(=O)O)s7)cc1c(c65)c2c34. The van der Waals surface area contributed by atoms with Crippen LogP contribution in [-0.2, 0) is 11.3 Å². The van der Waals surface area contributed by atoms with Crippen molar-refractivity contribution < 1.29 is 9.90 Å². The van der Waals surface area contributed by atoms with Gasteiger partial charge in [0.25, 0.3) is 0 Å². The minimum absolute atomic E-state index is 0.269. The second kappa shape index (κ2) is 15.3. The summed E-state index contributed by atoms with van der Waals surface area (Å²) in [7, 11) is 0. The summed E-state index contributed by atoms with van der Waals surface area (Å²) in [5.41, 5.74) is 9.06. The Labute approximate surface area is 353 Å². The molecule has 0 aliphatic rings. The number of carboxylic acid groups (broad SMARTS) is 1. The molecular formula is C54H43N3O2S. The molecule has 0 saturated carbocycles.